The molecule has 5 nitrogen and oxygen atoms in total. The molecule has 2 rings (SSSR count). The highest BCUT2D eigenvalue weighted by atomic mass is 19.1. The molecule has 0 spiro atoms. The molecule has 1 atom stereocenters. The Morgan fingerprint density at radius 3 is 2.18 bits per heavy atom. The minimum atomic E-state index is -1.56. The van der Waals surface area contributed by atoms with Gasteiger partial charge in [-0.15, -0.1) is 0 Å². The predicted molar refractivity (Wildman–Crippen MR) is 102 cm³/mol. The van der Waals surface area contributed by atoms with Crippen molar-refractivity contribution in [1.82, 2.24) is 4.90 Å². The topological polar surface area (TPSA) is 77.8 Å². The standard InChI is InChI=1S/C21H25F2NO4/c1-4-24(5-2)10-9-21(20(27)28)11-14(13(3)15(12-21)19(25)26)18-16(22)7-6-8-17(18)23/h6-8,11H,4-5,9-10,12H2,1-3H3,(H,25,26)(H,27,28). The SMILES string of the molecule is CCN(CC)CCC1(C(=O)O)C=C(c2c(F)cccc2F)C(C)=C(C(=O)O)C1. The molecule has 1 unspecified atom stereocenters. The van der Waals surface area contributed by atoms with Crippen molar-refractivity contribution in [2.45, 2.75) is 33.6 Å². The summed E-state index contributed by atoms with van der Waals surface area (Å²) in [5.74, 6) is -4.21. The summed E-state index contributed by atoms with van der Waals surface area (Å²) in [7, 11) is 0. The summed E-state index contributed by atoms with van der Waals surface area (Å²) in [4.78, 5) is 26.0. The highest BCUT2D eigenvalue weighted by Gasteiger charge is 2.43. The van der Waals surface area contributed by atoms with Gasteiger partial charge in [0.1, 0.15) is 11.6 Å². The van der Waals surface area contributed by atoms with Crippen molar-refractivity contribution >= 4 is 17.5 Å². The number of carboxylic acids is 2. The molecule has 0 heterocycles. The minimum Gasteiger partial charge on any atom is -0.481 e. The first-order valence-electron chi connectivity index (χ1n) is 9.23. The lowest BCUT2D eigenvalue weighted by atomic mass is 9.70. The lowest BCUT2D eigenvalue weighted by Gasteiger charge is -2.34. The fourth-order valence-electron chi connectivity index (χ4n) is 3.60. The molecule has 0 aliphatic heterocycles. The Morgan fingerprint density at radius 2 is 1.71 bits per heavy atom. The summed E-state index contributed by atoms with van der Waals surface area (Å²) in [5, 5.41) is 19.6. The first kappa shape index (κ1) is 21.8. The van der Waals surface area contributed by atoms with E-state index in [1.54, 1.807) is 0 Å². The van der Waals surface area contributed by atoms with Crippen LogP contribution in [0.5, 0.6) is 0 Å². The first-order chi connectivity index (χ1) is 13.2. The number of halogens is 2. The van der Waals surface area contributed by atoms with Crippen LogP contribution in [0.3, 0.4) is 0 Å². The number of hydrogen-bond acceptors (Lipinski definition) is 3. The molecule has 0 saturated heterocycles. The summed E-state index contributed by atoms with van der Waals surface area (Å²) in [6.07, 6.45) is 1.24. The van der Waals surface area contributed by atoms with E-state index in [9.17, 15) is 28.6 Å². The number of nitrogens with zero attached hydrogens (tertiary/aromatic N) is 1. The number of rotatable bonds is 8. The molecule has 152 valence electrons. The first-order valence-corrected chi connectivity index (χ1v) is 9.23. The summed E-state index contributed by atoms with van der Waals surface area (Å²) >= 11 is 0. The Hall–Kier alpha value is -2.54. The highest BCUT2D eigenvalue weighted by molar-refractivity contribution is 5.98. The van der Waals surface area contributed by atoms with Crippen LogP contribution in [-0.2, 0) is 9.59 Å². The van der Waals surface area contributed by atoms with Gasteiger partial charge in [0.05, 0.1) is 11.0 Å². The third-order valence-corrected chi connectivity index (χ3v) is 5.45. The minimum absolute atomic E-state index is 0.0128. The van der Waals surface area contributed by atoms with Crippen LogP contribution in [0.4, 0.5) is 8.78 Å². The number of carboxylic acid groups (broad SMARTS) is 2. The number of aliphatic carboxylic acids is 2. The van der Waals surface area contributed by atoms with Gasteiger partial charge >= 0.3 is 11.9 Å². The quantitative estimate of drug-likeness (QED) is 0.699. The van der Waals surface area contributed by atoms with E-state index < -0.39 is 34.6 Å². The molecule has 0 saturated carbocycles. The van der Waals surface area contributed by atoms with Crippen LogP contribution in [0.15, 0.2) is 35.4 Å². The maximum Gasteiger partial charge on any atom is 0.331 e. The van der Waals surface area contributed by atoms with E-state index in [4.69, 9.17) is 0 Å². The average Bonchev–Trinajstić information content (AvgIpc) is 2.64. The van der Waals surface area contributed by atoms with Crippen molar-refractivity contribution in [3.8, 4) is 0 Å². The molecule has 1 aromatic rings. The smallest absolute Gasteiger partial charge is 0.331 e. The molecule has 0 fully saturated rings. The molecule has 28 heavy (non-hydrogen) atoms. The van der Waals surface area contributed by atoms with Gasteiger partial charge in [-0.25, -0.2) is 13.6 Å². The Balaban J connectivity index is 2.66. The number of benzene rings is 1. The second-order valence-electron chi connectivity index (χ2n) is 6.98. The Morgan fingerprint density at radius 1 is 1.14 bits per heavy atom. The molecular formula is C21H25F2NO4. The van der Waals surface area contributed by atoms with Crippen LogP contribution in [0, 0.1) is 17.0 Å². The van der Waals surface area contributed by atoms with Crippen LogP contribution < -0.4 is 0 Å². The summed E-state index contributed by atoms with van der Waals surface area (Å²) in [6.45, 7) is 7.20. The van der Waals surface area contributed by atoms with E-state index in [0.717, 1.165) is 12.1 Å². The molecule has 1 aliphatic carbocycles. The van der Waals surface area contributed by atoms with Gasteiger partial charge in [0.25, 0.3) is 0 Å². The zero-order chi connectivity index (χ0) is 21.1. The van der Waals surface area contributed by atoms with Crippen molar-refractivity contribution in [1.29, 1.82) is 0 Å². The molecule has 2 N–H and O–H groups in total. The number of allylic oxidation sites excluding steroid dienone is 2. The molecule has 7 heteroatoms. The van der Waals surface area contributed by atoms with E-state index in [0.29, 0.717) is 19.6 Å². The molecular weight excluding hydrogens is 368 g/mol. The van der Waals surface area contributed by atoms with Gasteiger partial charge in [-0.2, -0.15) is 0 Å². The van der Waals surface area contributed by atoms with E-state index in [1.807, 2.05) is 18.7 Å². The lowest BCUT2D eigenvalue weighted by Crippen LogP contribution is -2.38. The largest absolute Gasteiger partial charge is 0.481 e. The van der Waals surface area contributed by atoms with Crippen LogP contribution in [0.1, 0.15) is 39.2 Å². The Bertz CT molecular complexity index is 823. The Labute approximate surface area is 163 Å². The van der Waals surface area contributed by atoms with Gasteiger partial charge in [0.2, 0.25) is 0 Å². The van der Waals surface area contributed by atoms with Crippen molar-refractivity contribution in [3.63, 3.8) is 0 Å². The lowest BCUT2D eigenvalue weighted by molar-refractivity contribution is -0.146. The van der Waals surface area contributed by atoms with Crippen LogP contribution in [0.2, 0.25) is 0 Å². The monoisotopic (exact) mass is 393 g/mol. The van der Waals surface area contributed by atoms with Gasteiger partial charge in [0.15, 0.2) is 0 Å². The average molecular weight is 393 g/mol. The van der Waals surface area contributed by atoms with Crippen LogP contribution in [0.25, 0.3) is 5.57 Å². The van der Waals surface area contributed by atoms with Gasteiger partial charge < -0.3 is 15.1 Å². The summed E-state index contributed by atoms with van der Waals surface area (Å²) in [6, 6.07) is 3.35. The van der Waals surface area contributed by atoms with Gasteiger partial charge in [-0.05, 0) is 62.7 Å². The van der Waals surface area contributed by atoms with Crippen molar-refractivity contribution < 1.29 is 28.6 Å². The molecule has 1 aliphatic rings. The summed E-state index contributed by atoms with van der Waals surface area (Å²) in [5.41, 5.74) is -1.92. The molecule has 0 radical (unpaired) electrons. The zero-order valence-electron chi connectivity index (χ0n) is 16.3. The Kier molecular flexibility index (Phi) is 6.72. The van der Waals surface area contributed by atoms with E-state index in [1.165, 1.54) is 19.1 Å². The van der Waals surface area contributed by atoms with E-state index in [2.05, 4.69) is 0 Å². The molecule has 0 amide bonds. The fraction of sp³-hybridized carbons (Fsp3) is 0.429. The second kappa shape index (κ2) is 8.65. The molecule has 0 aromatic heterocycles. The van der Waals surface area contributed by atoms with E-state index >= 15 is 0 Å². The van der Waals surface area contributed by atoms with Crippen molar-refractivity contribution in [2.75, 3.05) is 19.6 Å². The maximum absolute atomic E-state index is 14.4. The van der Waals surface area contributed by atoms with Crippen LogP contribution >= 0.6 is 0 Å². The van der Waals surface area contributed by atoms with Crippen molar-refractivity contribution in [3.05, 3.63) is 52.6 Å². The van der Waals surface area contributed by atoms with Crippen molar-refractivity contribution in [2.24, 2.45) is 5.41 Å². The molecule has 1 aromatic carbocycles. The van der Waals surface area contributed by atoms with E-state index in [-0.39, 0.29) is 29.6 Å². The second-order valence-corrected chi connectivity index (χ2v) is 6.98. The third kappa shape index (κ3) is 4.14. The zero-order valence-corrected chi connectivity index (χ0v) is 16.3. The number of carbonyl (C=O) groups is 2. The fourth-order valence-corrected chi connectivity index (χ4v) is 3.60. The van der Waals surface area contributed by atoms with Gasteiger partial charge in [-0.1, -0.05) is 26.0 Å². The number of hydrogen-bond donors (Lipinski definition) is 2. The van der Waals surface area contributed by atoms with Gasteiger partial charge in [-0.3, -0.25) is 4.79 Å². The van der Waals surface area contributed by atoms with Gasteiger partial charge in [0, 0.05) is 5.57 Å². The third-order valence-electron chi connectivity index (χ3n) is 5.45. The van der Waals surface area contributed by atoms with Crippen LogP contribution in [-0.4, -0.2) is 46.7 Å². The summed E-state index contributed by atoms with van der Waals surface area (Å²) < 4.78 is 28.8. The maximum atomic E-state index is 14.4. The normalized spacial score (nSPS) is 19.7. The highest BCUT2D eigenvalue weighted by Crippen LogP contribution is 2.45. The predicted octanol–water partition coefficient (Wildman–Crippen LogP) is 3.96. The molecule has 0 bridgehead atoms.